The Kier molecular flexibility index (Phi) is 4.87. The van der Waals surface area contributed by atoms with Crippen LogP contribution < -0.4 is 14.8 Å². The topological polar surface area (TPSA) is 60.7 Å². The molecule has 1 unspecified atom stereocenters. The van der Waals surface area contributed by atoms with Gasteiger partial charge in [0, 0.05) is 0 Å². The summed E-state index contributed by atoms with van der Waals surface area (Å²) in [5, 5.41) is 2.82. The van der Waals surface area contributed by atoms with E-state index in [1.54, 1.807) is 19.2 Å². The minimum Gasteiger partial charge on any atom is -0.493 e. The smallest absolute Gasteiger partial charge is 0.258 e. The van der Waals surface area contributed by atoms with Gasteiger partial charge in [-0.1, -0.05) is 12.1 Å². The number of furan rings is 1. The molecule has 0 aliphatic rings. The van der Waals surface area contributed by atoms with Crippen molar-refractivity contribution in [2.24, 2.45) is 0 Å². The van der Waals surface area contributed by atoms with E-state index in [1.807, 2.05) is 38.1 Å². The van der Waals surface area contributed by atoms with Gasteiger partial charge in [0.25, 0.3) is 5.91 Å². The van der Waals surface area contributed by atoms with E-state index in [-0.39, 0.29) is 18.6 Å². The Morgan fingerprint density at radius 1 is 1.24 bits per heavy atom. The second-order valence-electron chi connectivity index (χ2n) is 4.68. The van der Waals surface area contributed by atoms with Gasteiger partial charge in [-0.25, -0.2) is 0 Å². The van der Waals surface area contributed by atoms with Gasteiger partial charge in [0.2, 0.25) is 0 Å². The highest BCUT2D eigenvalue weighted by Gasteiger charge is 2.13. The molecule has 0 saturated carbocycles. The Labute approximate surface area is 123 Å². The standard InChI is InChI=1S/C16H19NO4/c1-11-8-9-13(21-11)12(2)17-16(18)10-20-15-7-5-4-6-14(15)19-3/h4-9,12H,10H2,1-3H3,(H,17,18). The summed E-state index contributed by atoms with van der Waals surface area (Å²) in [4.78, 5) is 11.9. The largest absolute Gasteiger partial charge is 0.493 e. The number of nitrogens with one attached hydrogen (secondary N) is 1. The molecule has 1 aromatic carbocycles. The van der Waals surface area contributed by atoms with E-state index < -0.39 is 0 Å². The van der Waals surface area contributed by atoms with Crippen LogP contribution in [0.4, 0.5) is 0 Å². The zero-order chi connectivity index (χ0) is 15.2. The normalized spacial score (nSPS) is 11.8. The molecule has 0 saturated heterocycles. The summed E-state index contributed by atoms with van der Waals surface area (Å²) in [7, 11) is 1.56. The molecule has 1 N–H and O–H groups in total. The number of aryl methyl sites for hydroxylation is 1. The van der Waals surface area contributed by atoms with Crippen molar-refractivity contribution in [2.45, 2.75) is 19.9 Å². The highest BCUT2D eigenvalue weighted by Crippen LogP contribution is 2.25. The van der Waals surface area contributed by atoms with Crippen molar-refractivity contribution in [1.29, 1.82) is 0 Å². The van der Waals surface area contributed by atoms with Gasteiger partial charge in [-0.15, -0.1) is 0 Å². The maximum Gasteiger partial charge on any atom is 0.258 e. The van der Waals surface area contributed by atoms with Crippen molar-refractivity contribution in [3.63, 3.8) is 0 Å². The summed E-state index contributed by atoms with van der Waals surface area (Å²) in [6.07, 6.45) is 0. The summed E-state index contributed by atoms with van der Waals surface area (Å²) >= 11 is 0. The number of hydrogen-bond donors (Lipinski definition) is 1. The first-order valence-electron chi connectivity index (χ1n) is 6.71. The lowest BCUT2D eigenvalue weighted by Gasteiger charge is -2.13. The van der Waals surface area contributed by atoms with Crippen molar-refractivity contribution in [3.8, 4) is 11.5 Å². The maximum absolute atomic E-state index is 11.9. The molecule has 0 aliphatic heterocycles. The van der Waals surface area contributed by atoms with Gasteiger partial charge >= 0.3 is 0 Å². The van der Waals surface area contributed by atoms with Gasteiger partial charge in [0.05, 0.1) is 13.2 Å². The first-order valence-corrected chi connectivity index (χ1v) is 6.71. The van der Waals surface area contributed by atoms with Crippen LogP contribution in [-0.4, -0.2) is 19.6 Å². The third-order valence-electron chi connectivity index (χ3n) is 2.99. The fourth-order valence-electron chi connectivity index (χ4n) is 1.92. The van der Waals surface area contributed by atoms with E-state index in [0.29, 0.717) is 11.5 Å². The average molecular weight is 289 g/mol. The molecule has 0 aliphatic carbocycles. The molecule has 21 heavy (non-hydrogen) atoms. The number of ether oxygens (including phenoxy) is 2. The number of hydrogen-bond acceptors (Lipinski definition) is 4. The number of rotatable bonds is 6. The number of amides is 1. The van der Waals surface area contributed by atoms with E-state index >= 15 is 0 Å². The number of methoxy groups -OCH3 is 1. The SMILES string of the molecule is COc1ccccc1OCC(=O)NC(C)c1ccc(C)o1. The maximum atomic E-state index is 11.9. The summed E-state index contributed by atoms with van der Waals surface area (Å²) < 4.78 is 16.1. The monoisotopic (exact) mass is 289 g/mol. The van der Waals surface area contributed by atoms with Crippen molar-refractivity contribution in [3.05, 3.63) is 47.9 Å². The van der Waals surface area contributed by atoms with E-state index in [1.165, 1.54) is 0 Å². The third-order valence-corrected chi connectivity index (χ3v) is 2.99. The molecule has 1 heterocycles. The Morgan fingerprint density at radius 2 is 1.95 bits per heavy atom. The third kappa shape index (κ3) is 4.02. The van der Waals surface area contributed by atoms with Gasteiger partial charge in [0.15, 0.2) is 18.1 Å². The quantitative estimate of drug-likeness (QED) is 0.888. The lowest BCUT2D eigenvalue weighted by Crippen LogP contribution is -2.31. The zero-order valence-corrected chi connectivity index (χ0v) is 12.4. The van der Waals surface area contributed by atoms with Crippen molar-refractivity contribution in [1.82, 2.24) is 5.32 Å². The molecule has 2 aromatic rings. The molecule has 0 bridgehead atoms. The number of carbonyl (C=O) groups excluding carboxylic acids is 1. The molecule has 0 radical (unpaired) electrons. The van der Waals surface area contributed by atoms with Crippen molar-refractivity contribution in [2.75, 3.05) is 13.7 Å². The minimum atomic E-state index is -0.220. The molecule has 112 valence electrons. The number of carbonyl (C=O) groups is 1. The van der Waals surface area contributed by atoms with Crippen LogP contribution in [0.3, 0.4) is 0 Å². The highest BCUT2D eigenvalue weighted by molar-refractivity contribution is 5.78. The fraction of sp³-hybridized carbons (Fsp3) is 0.312. The van der Waals surface area contributed by atoms with E-state index in [9.17, 15) is 4.79 Å². The first-order chi connectivity index (χ1) is 10.1. The molecular weight excluding hydrogens is 270 g/mol. The summed E-state index contributed by atoms with van der Waals surface area (Å²) in [5.41, 5.74) is 0. The minimum absolute atomic E-state index is 0.0790. The van der Waals surface area contributed by atoms with Crippen LogP contribution in [0.5, 0.6) is 11.5 Å². The molecule has 1 atom stereocenters. The predicted octanol–water partition coefficient (Wildman–Crippen LogP) is 2.85. The zero-order valence-electron chi connectivity index (χ0n) is 12.4. The molecular formula is C16H19NO4. The number of benzene rings is 1. The Bertz CT molecular complexity index is 606. The Hall–Kier alpha value is -2.43. The fourth-order valence-corrected chi connectivity index (χ4v) is 1.92. The van der Waals surface area contributed by atoms with Crippen LogP contribution in [0, 0.1) is 6.92 Å². The van der Waals surface area contributed by atoms with Crippen LogP contribution in [-0.2, 0) is 4.79 Å². The van der Waals surface area contributed by atoms with Crippen LogP contribution >= 0.6 is 0 Å². The van der Waals surface area contributed by atoms with Crippen molar-refractivity contribution < 1.29 is 18.7 Å². The average Bonchev–Trinajstić information content (AvgIpc) is 2.92. The molecule has 5 nitrogen and oxygen atoms in total. The van der Waals surface area contributed by atoms with Gasteiger partial charge in [-0.05, 0) is 38.1 Å². The summed E-state index contributed by atoms with van der Waals surface area (Å²) in [6.45, 7) is 3.65. The molecule has 5 heteroatoms. The number of para-hydroxylation sites is 2. The van der Waals surface area contributed by atoms with Crippen LogP contribution in [0.1, 0.15) is 24.5 Å². The Balaban J connectivity index is 1.87. The van der Waals surface area contributed by atoms with Gasteiger partial charge < -0.3 is 19.2 Å². The Morgan fingerprint density at radius 3 is 2.57 bits per heavy atom. The second kappa shape index (κ2) is 6.83. The van der Waals surface area contributed by atoms with Crippen LogP contribution in [0.15, 0.2) is 40.8 Å². The van der Waals surface area contributed by atoms with Gasteiger partial charge in [-0.3, -0.25) is 4.79 Å². The van der Waals surface area contributed by atoms with Crippen LogP contribution in [0.25, 0.3) is 0 Å². The van der Waals surface area contributed by atoms with Gasteiger partial charge in [0.1, 0.15) is 11.5 Å². The summed E-state index contributed by atoms with van der Waals surface area (Å²) in [6, 6.07) is 10.7. The predicted molar refractivity (Wildman–Crippen MR) is 78.5 cm³/mol. The second-order valence-corrected chi connectivity index (χ2v) is 4.68. The first kappa shape index (κ1) is 15.0. The van der Waals surface area contributed by atoms with Crippen LogP contribution in [0.2, 0.25) is 0 Å². The molecule has 0 fully saturated rings. The molecule has 1 amide bonds. The van der Waals surface area contributed by atoms with Crippen molar-refractivity contribution >= 4 is 5.91 Å². The lowest BCUT2D eigenvalue weighted by atomic mass is 10.2. The summed E-state index contributed by atoms with van der Waals surface area (Å²) in [5.74, 6) is 2.45. The van der Waals surface area contributed by atoms with E-state index in [4.69, 9.17) is 13.9 Å². The molecule has 0 spiro atoms. The van der Waals surface area contributed by atoms with Gasteiger partial charge in [-0.2, -0.15) is 0 Å². The molecule has 1 aromatic heterocycles. The highest BCUT2D eigenvalue weighted by atomic mass is 16.5. The van der Waals surface area contributed by atoms with E-state index in [2.05, 4.69) is 5.32 Å². The molecule has 2 rings (SSSR count). The lowest BCUT2D eigenvalue weighted by molar-refractivity contribution is -0.123. The van der Waals surface area contributed by atoms with E-state index in [0.717, 1.165) is 11.5 Å².